The van der Waals surface area contributed by atoms with Crippen LogP contribution in [0.25, 0.3) is 0 Å². The highest BCUT2D eigenvalue weighted by Crippen LogP contribution is 2.17. The van der Waals surface area contributed by atoms with Gasteiger partial charge in [0.1, 0.15) is 5.75 Å². The van der Waals surface area contributed by atoms with Crippen LogP contribution in [0.2, 0.25) is 0 Å². The number of nitrogens with one attached hydrogen (secondary N) is 2. The van der Waals surface area contributed by atoms with Crippen LogP contribution >= 0.6 is 0 Å². The molecule has 0 radical (unpaired) electrons. The van der Waals surface area contributed by atoms with E-state index in [2.05, 4.69) is 10.6 Å². The first-order valence-electron chi connectivity index (χ1n) is 4.83. The van der Waals surface area contributed by atoms with Gasteiger partial charge in [-0.05, 0) is 19.1 Å². The first-order valence-corrected chi connectivity index (χ1v) is 4.83. The van der Waals surface area contributed by atoms with Gasteiger partial charge in [-0.15, -0.1) is 0 Å². The Bertz CT molecular complexity index is 416. The third kappa shape index (κ3) is 2.98. The van der Waals surface area contributed by atoms with Crippen LogP contribution in [-0.2, 0) is 4.79 Å². The number of aryl methyl sites for hydroxylation is 1. The van der Waals surface area contributed by atoms with Crippen LogP contribution in [0, 0.1) is 6.92 Å². The monoisotopic (exact) mass is 222 g/mol. The van der Waals surface area contributed by atoms with E-state index >= 15 is 0 Å². The molecule has 0 aliphatic carbocycles. The van der Waals surface area contributed by atoms with Crippen molar-refractivity contribution >= 4 is 11.8 Å². The Morgan fingerprint density at radius 1 is 1.38 bits per heavy atom. The molecule has 0 aromatic heterocycles. The number of phenolic OH excluding ortho intramolecular Hbond substituents is 1. The van der Waals surface area contributed by atoms with Crippen LogP contribution in [0.3, 0.4) is 0 Å². The number of hydrogen-bond donors (Lipinski definition) is 3. The summed E-state index contributed by atoms with van der Waals surface area (Å²) >= 11 is 0. The highest BCUT2D eigenvalue weighted by atomic mass is 16.3. The molecule has 1 aromatic rings. The number of phenols is 1. The van der Waals surface area contributed by atoms with E-state index in [4.69, 9.17) is 0 Å². The van der Waals surface area contributed by atoms with E-state index < -0.39 is 5.91 Å². The molecule has 2 amide bonds. The molecule has 0 aliphatic rings. The minimum absolute atomic E-state index is 0.0972. The van der Waals surface area contributed by atoms with E-state index in [0.717, 1.165) is 5.56 Å². The smallest absolute Gasteiger partial charge is 0.255 e. The van der Waals surface area contributed by atoms with Crippen molar-refractivity contribution in [2.45, 2.75) is 6.92 Å². The maximum absolute atomic E-state index is 11.6. The molecular weight excluding hydrogens is 208 g/mol. The van der Waals surface area contributed by atoms with Gasteiger partial charge in [-0.25, -0.2) is 0 Å². The molecule has 0 bridgehead atoms. The van der Waals surface area contributed by atoms with E-state index in [-0.39, 0.29) is 23.8 Å². The first kappa shape index (κ1) is 12.0. The lowest BCUT2D eigenvalue weighted by atomic mass is 10.1. The van der Waals surface area contributed by atoms with Gasteiger partial charge in [0.2, 0.25) is 5.91 Å². The fourth-order valence-electron chi connectivity index (χ4n) is 1.18. The number of likely N-dealkylation sites (N-methyl/N-ethyl adjacent to an activating group) is 1. The van der Waals surface area contributed by atoms with Crippen molar-refractivity contribution in [3.63, 3.8) is 0 Å². The van der Waals surface area contributed by atoms with Crippen molar-refractivity contribution < 1.29 is 14.7 Å². The van der Waals surface area contributed by atoms with Gasteiger partial charge in [-0.3, -0.25) is 9.59 Å². The minimum atomic E-state index is -0.468. The number of rotatable bonds is 3. The third-order valence-corrected chi connectivity index (χ3v) is 2.09. The number of benzene rings is 1. The highest BCUT2D eigenvalue weighted by Gasteiger charge is 2.11. The summed E-state index contributed by atoms with van der Waals surface area (Å²) < 4.78 is 0. The summed E-state index contributed by atoms with van der Waals surface area (Å²) in [5.74, 6) is -0.856. The number of amides is 2. The SMILES string of the molecule is CNC(=O)CNC(=O)c1cc(C)ccc1O. The van der Waals surface area contributed by atoms with E-state index in [1.54, 1.807) is 12.1 Å². The number of aromatic hydroxyl groups is 1. The molecule has 0 saturated carbocycles. The summed E-state index contributed by atoms with van der Waals surface area (Å²) in [6.45, 7) is 1.71. The molecular formula is C11H14N2O3. The molecule has 5 nitrogen and oxygen atoms in total. The average Bonchev–Trinajstić information content (AvgIpc) is 2.28. The molecule has 5 heteroatoms. The van der Waals surface area contributed by atoms with Crippen molar-refractivity contribution in [3.8, 4) is 5.75 Å². The Kier molecular flexibility index (Phi) is 3.88. The molecule has 0 saturated heterocycles. The van der Waals surface area contributed by atoms with Gasteiger partial charge in [0.05, 0.1) is 12.1 Å². The van der Waals surface area contributed by atoms with Crippen LogP contribution in [0.15, 0.2) is 18.2 Å². The van der Waals surface area contributed by atoms with E-state index in [1.807, 2.05) is 6.92 Å². The Hall–Kier alpha value is -2.04. The third-order valence-electron chi connectivity index (χ3n) is 2.09. The number of carbonyl (C=O) groups is 2. The predicted octanol–water partition coefficient (Wildman–Crippen LogP) is 0.176. The lowest BCUT2D eigenvalue weighted by Gasteiger charge is -2.06. The van der Waals surface area contributed by atoms with Gasteiger partial charge >= 0.3 is 0 Å². The molecule has 86 valence electrons. The summed E-state index contributed by atoms with van der Waals surface area (Å²) in [6, 6.07) is 4.71. The summed E-state index contributed by atoms with van der Waals surface area (Å²) in [4.78, 5) is 22.5. The lowest BCUT2D eigenvalue weighted by Crippen LogP contribution is -2.35. The second-order valence-electron chi connectivity index (χ2n) is 3.38. The summed E-state index contributed by atoms with van der Waals surface area (Å²) in [5.41, 5.74) is 1.03. The molecule has 1 aromatic carbocycles. The van der Waals surface area contributed by atoms with Crippen LogP contribution < -0.4 is 10.6 Å². The lowest BCUT2D eigenvalue weighted by molar-refractivity contribution is -0.119. The number of hydrogen-bond acceptors (Lipinski definition) is 3. The molecule has 0 aliphatic heterocycles. The Morgan fingerprint density at radius 2 is 2.06 bits per heavy atom. The molecule has 0 fully saturated rings. The number of carbonyl (C=O) groups excluding carboxylic acids is 2. The standard InChI is InChI=1S/C11H14N2O3/c1-7-3-4-9(14)8(5-7)11(16)13-6-10(15)12-2/h3-5,14H,6H2,1-2H3,(H,12,15)(H,13,16). The largest absolute Gasteiger partial charge is 0.507 e. The normalized spacial score (nSPS) is 9.62. The molecule has 1 rings (SSSR count). The molecule has 0 unspecified atom stereocenters. The van der Waals surface area contributed by atoms with Crippen molar-refractivity contribution in [3.05, 3.63) is 29.3 Å². The summed E-state index contributed by atoms with van der Waals surface area (Å²) in [7, 11) is 1.48. The maximum atomic E-state index is 11.6. The van der Waals surface area contributed by atoms with Crippen molar-refractivity contribution in [2.24, 2.45) is 0 Å². The fourth-order valence-corrected chi connectivity index (χ4v) is 1.18. The average molecular weight is 222 g/mol. The second kappa shape index (κ2) is 5.16. The van der Waals surface area contributed by atoms with Gasteiger partial charge in [-0.1, -0.05) is 11.6 Å². The minimum Gasteiger partial charge on any atom is -0.507 e. The zero-order valence-corrected chi connectivity index (χ0v) is 9.20. The molecule has 16 heavy (non-hydrogen) atoms. The van der Waals surface area contributed by atoms with E-state index in [9.17, 15) is 14.7 Å². The van der Waals surface area contributed by atoms with E-state index in [1.165, 1.54) is 13.1 Å². The van der Waals surface area contributed by atoms with Crippen LogP contribution in [-0.4, -0.2) is 30.5 Å². The quantitative estimate of drug-likeness (QED) is 0.682. The van der Waals surface area contributed by atoms with Crippen LogP contribution in [0.1, 0.15) is 15.9 Å². The molecule has 0 atom stereocenters. The van der Waals surface area contributed by atoms with Gasteiger partial charge in [0.15, 0.2) is 0 Å². The fraction of sp³-hybridized carbons (Fsp3) is 0.273. The first-order chi connectivity index (χ1) is 7.54. The summed E-state index contributed by atoms with van der Waals surface area (Å²) in [6.07, 6.45) is 0. The summed E-state index contributed by atoms with van der Waals surface area (Å²) in [5, 5.41) is 14.3. The van der Waals surface area contributed by atoms with Gasteiger partial charge in [0, 0.05) is 7.05 Å². The molecule has 0 spiro atoms. The van der Waals surface area contributed by atoms with E-state index in [0.29, 0.717) is 0 Å². The maximum Gasteiger partial charge on any atom is 0.255 e. The Labute approximate surface area is 93.5 Å². The highest BCUT2D eigenvalue weighted by molar-refractivity contribution is 5.98. The van der Waals surface area contributed by atoms with Crippen molar-refractivity contribution in [1.29, 1.82) is 0 Å². The van der Waals surface area contributed by atoms with Crippen molar-refractivity contribution in [1.82, 2.24) is 10.6 Å². The van der Waals surface area contributed by atoms with Crippen molar-refractivity contribution in [2.75, 3.05) is 13.6 Å². The molecule has 3 N–H and O–H groups in total. The zero-order valence-electron chi connectivity index (χ0n) is 9.20. The topological polar surface area (TPSA) is 78.4 Å². The zero-order chi connectivity index (χ0) is 12.1. The van der Waals surface area contributed by atoms with Gasteiger partial charge in [-0.2, -0.15) is 0 Å². The Morgan fingerprint density at radius 3 is 2.69 bits per heavy atom. The van der Waals surface area contributed by atoms with Crippen LogP contribution in [0.5, 0.6) is 5.75 Å². The molecule has 0 heterocycles. The second-order valence-corrected chi connectivity index (χ2v) is 3.38. The van der Waals surface area contributed by atoms with Gasteiger partial charge < -0.3 is 15.7 Å². The van der Waals surface area contributed by atoms with Gasteiger partial charge in [0.25, 0.3) is 5.91 Å². The Balaban J connectivity index is 2.73. The predicted molar refractivity (Wildman–Crippen MR) is 59.2 cm³/mol. The van der Waals surface area contributed by atoms with Crippen LogP contribution in [0.4, 0.5) is 0 Å².